The van der Waals surface area contributed by atoms with Crippen molar-refractivity contribution < 1.29 is 9.21 Å². The lowest BCUT2D eigenvalue weighted by molar-refractivity contribution is -0.117. The van der Waals surface area contributed by atoms with Crippen LogP contribution < -0.4 is 10.6 Å². The van der Waals surface area contributed by atoms with E-state index in [0.717, 1.165) is 11.3 Å². The number of furan rings is 1. The van der Waals surface area contributed by atoms with Crippen LogP contribution in [0.4, 0.5) is 5.69 Å². The molecule has 4 nitrogen and oxygen atoms in total. The highest BCUT2D eigenvalue weighted by atomic mass is 35.5. The van der Waals surface area contributed by atoms with Gasteiger partial charge in [-0.15, -0.1) is 0 Å². The third kappa shape index (κ3) is 4.47. The van der Waals surface area contributed by atoms with Crippen LogP contribution in [-0.2, 0) is 4.79 Å². The first kappa shape index (κ1) is 18.5. The zero-order valence-electron chi connectivity index (χ0n) is 14.1. The van der Waals surface area contributed by atoms with Crippen LogP contribution in [-0.4, -0.2) is 11.9 Å². The lowest BCUT2D eigenvalue weighted by atomic mass is 10.0. The maximum absolute atomic E-state index is 12.6. The van der Waals surface area contributed by atoms with E-state index < -0.39 is 6.04 Å². The van der Waals surface area contributed by atoms with E-state index >= 15 is 0 Å². The molecule has 2 aromatic carbocycles. The largest absolute Gasteiger partial charge is 0.467 e. The molecule has 3 aromatic rings. The van der Waals surface area contributed by atoms with Crippen molar-refractivity contribution in [2.45, 2.75) is 19.0 Å². The Morgan fingerprint density at radius 2 is 1.81 bits per heavy atom. The molecule has 0 aliphatic heterocycles. The van der Waals surface area contributed by atoms with Gasteiger partial charge in [0, 0.05) is 5.02 Å². The Morgan fingerprint density at radius 3 is 2.50 bits per heavy atom. The first-order chi connectivity index (χ1) is 12.5. The van der Waals surface area contributed by atoms with Gasteiger partial charge in [0.25, 0.3) is 0 Å². The van der Waals surface area contributed by atoms with Crippen LogP contribution in [0.1, 0.15) is 24.3 Å². The molecule has 0 saturated carbocycles. The summed E-state index contributed by atoms with van der Waals surface area (Å²) in [5.74, 6) is 0.512. The summed E-state index contributed by atoms with van der Waals surface area (Å²) in [5, 5.41) is 7.05. The van der Waals surface area contributed by atoms with Crippen LogP contribution >= 0.6 is 23.2 Å². The summed E-state index contributed by atoms with van der Waals surface area (Å²) in [6.07, 6.45) is 1.61. The number of nitrogens with one attached hydrogen (secondary N) is 2. The third-order valence-electron chi connectivity index (χ3n) is 3.96. The Hall–Kier alpha value is -2.27. The van der Waals surface area contributed by atoms with E-state index in [4.69, 9.17) is 27.6 Å². The number of anilines is 1. The van der Waals surface area contributed by atoms with Gasteiger partial charge in [-0.25, -0.2) is 0 Å². The molecule has 26 heavy (non-hydrogen) atoms. The molecule has 0 fully saturated rings. The second kappa shape index (κ2) is 8.41. The van der Waals surface area contributed by atoms with Crippen molar-refractivity contribution in [2.24, 2.45) is 0 Å². The van der Waals surface area contributed by atoms with Gasteiger partial charge in [0.15, 0.2) is 0 Å². The number of benzene rings is 2. The van der Waals surface area contributed by atoms with Gasteiger partial charge in [-0.3, -0.25) is 10.1 Å². The lowest BCUT2D eigenvalue weighted by Crippen LogP contribution is -2.40. The van der Waals surface area contributed by atoms with Crippen molar-refractivity contribution in [1.82, 2.24) is 5.32 Å². The number of rotatable bonds is 6. The summed E-state index contributed by atoms with van der Waals surface area (Å²) in [5.41, 5.74) is 1.48. The fourth-order valence-electron chi connectivity index (χ4n) is 2.60. The highest BCUT2D eigenvalue weighted by Gasteiger charge is 2.23. The molecule has 0 spiro atoms. The lowest BCUT2D eigenvalue weighted by Gasteiger charge is -2.22. The molecule has 2 N–H and O–H groups in total. The third-order valence-corrected chi connectivity index (χ3v) is 4.52. The Bertz CT molecular complexity index is 867. The minimum Gasteiger partial charge on any atom is -0.467 e. The van der Waals surface area contributed by atoms with E-state index in [2.05, 4.69) is 10.6 Å². The summed E-state index contributed by atoms with van der Waals surface area (Å²) in [6, 6.07) is 17.7. The van der Waals surface area contributed by atoms with Crippen LogP contribution in [0.25, 0.3) is 0 Å². The standard InChI is InChI=1S/C20H18Cl2N2O2/c1-13(20(25)24-17-12-15(21)9-10-16(17)22)23-19(18-8-5-11-26-18)14-6-3-2-4-7-14/h2-13,19,23H,1H3,(H,24,25)/t13-,19-/m1/s1. The number of hydrogen-bond acceptors (Lipinski definition) is 3. The molecule has 1 heterocycles. The van der Waals surface area contributed by atoms with E-state index in [9.17, 15) is 4.79 Å². The summed E-state index contributed by atoms with van der Waals surface area (Å²) in [4.78, 5) is 12.6. The average molecular weight is 389 g/mol. The fraction of sp³-hybridized carbons (Fsp3) is 0.150. The van der Waals surface area contributed by atoms with Crippen molar-refractivity contribution in [3.63, 3.8) is 0 Å². The summed E-state index contributed by atoms with van der Waals surface area (Å²) < 4.78 is 5.55. The van der Waals surface area contributed by atoms with E-state index in [1.165, 1.54) is 0 Å². The average Bonchev–Trinajstić information content (AvgIpc) is 3.17. The zero-order valence-corrected chi connectivity index (χ0v) is 15.6. The minimum absolute atomic E-state index is 0.221. The number of halogens is 2. The van der Waals surface area contributed by atoms with Crippen molar-refractivity contribution in [3.05, 3.63) is 88.3 Å². The van der Waals surface area contributed by atoms with Gasteiger partial charge in [0.05, 0.1) is 29.1 Å². The maximum atomic E-state index is 12.6. The Morgan fingerprint density at radius 1 is 1.04 bits per heavy atom. The first-order valence-corrected chi connectivity index (χ1v) is 8.90. The molecule has 0 aliphatic rings. The van der Waals surface area contributed by atoms with Gasteiger partial charge < -0.3 is 9.73 Å². The Kier molecular flexibility index (Phi) is 5.99. The second-order valence-electron chi connectivity index (χ2n) is 5.86. The molecular weight excluding hydrogens is 371 g/mol. The van der Waals surface area contributed by atoms with E-state index in [1.807, 2.05) is 42.5 Å². The molecule has 0 radical (unpaired) electrons. The van der Waals surface area contributed by atoms with Gasteiger partial charge in [0.1, 0.15) is 5.76 Å². The van der Waals surface area contributed by atoms with E-state index in [1.54, 1.807) is 31.4 Å². The molecule has 6 heteroatoms. The Labute approximate surface area is 162 Å². The SMILES string of the molecule is C[C@@H](N[C@H](c1ccccc1)c1ccco1)C(=O)Nc1cc(Cl)ccc1Cl. The summed E-state index contributed by atoms with van der Waals surface area (Å²) >= 11 is 12.1. The highest BCUT2D eigenvalue weighted by molar-refractivity contribution is 6.35. The van der Waals surface area contributed by atoms with Gasteiger partial charge in [-0.05, 0) is 42.8 Å². The molecule has 0 bridgehead atoms. The molecule has 0 unspecified atom stereocenters. The smallest absolute Gasteiger partial charge is 0.241 e. The van der Waals surface area contributed by atoms with E-state index in [-0.39, 0.29) is 11.9 Å². The van der Waals surface area contributed by atoms with Gasteiger partial charge in [0.2, 0.25) is 5.91 Å². The van der Waals surface area contributed by atoms with Crippen LogP contribution in [0.3, 0.4) is 0 Å². The number of carbonyl (C=O) groups excluding carboxylic acids is 1. The number of amides is 1. The van der Waals surface area contributed by atoms with Gasteiger partial charge >= 0.3 is 0 Å². The molecule has 0 saturated heterocycles. The van der Waals surface area contributed by atoms with Gasteiger partial charge in [-0.1, -0.05) is 53.5 Å². The quantitative estimate of drug-likeness (QED) is 0.602. The fourth-order valence-corrected chi connectivity index (χ4v) is 2.94. The van der Waals surface area contributed by atoms with Crippen LogP contribution in [0, 0.1) is 0 Å². The molecule has 1 aromatic heterocycles. The summed E-state index contributed by atoms with van der Waals surface area (Å²) in [7, 11) is 0. The van der Waals surface area contributed by atoms with Crippen molar-refractivity contribution in [2.75, 3.05) is 5.32 Å². The maximum Gasteiger partial charge on any atom is 0.241 e. The van der Waals surface area contributed by atoms with E-state index in [0.29, 0.717) is 15.7 Å². The van der Waals surface area contributed by atoms with Gasteiger partial charge in [-0.2, -0.15) is 0 Å². The predicted octanol–water partition coefficient (Wildman–Crippen LogP) is 5.29. The van der Waals surface area contributed by atoms with Crippen molar-refractivity contribution in [1.29, 1.82) is 0 Å². The normalized spacial score (nSPS) is 13.2. The molecule has 134 valence electrons. The topological polar surface area (TPSA) is 54.3 Å². The minimum atomic E-state index is -0.500. The monoisotopic (exact) mass is 388 g/mol. The first-order valence-electron chi connectivity index (χ1n) is 8.15. The highest BCUT2D eigenvalue weighted by Crippen LogP contribution is 2.26. The molecule has 2 atom stereocenters. The van der Waals surface area contributed by atoms with Crippen LogP contribution in [0.15, 0.2) is 71.3 Å². The molecule has 3 rings (SSSR count). The predicted molar refractivity (Wildman–Crippen MR) is 105 cm³/mol. The summed E-state index contributed by atoms with van der Waals surface area (Å²) in [6.45, 7) is 1.78. The number of carbonyl (C=O) groups is 1. The molecule has 1 amide bonds. The number of hydrogen-bond donors (Lipinski definition) is 2. The second-order valence-corrected chi connectivity index (χ2v) is 6.70. The Balaban J connectivity index is 1.76. The van der Waals surface area contributed by atoms with Crippen molar-refractivity contribution in [3.8, 4) is 0 Å². The van der Waals surface area contributed by atoms with Crippen LogP contribution in [0.5, 0.6) is 0 Å². The van der Waals surface area contributed by atoms with Crippen molar-refractivity contribution >= 4 is 34.8 Å². The van der Waals surface area contributed by atoms with Crippen LogP contribution in [0.2, 0.25) is 10.0 Å². The molecule has 0 aliphatic carbocycles. The zero-order chi connectivity index (χ0) is 18.5. The molecular formula is C20H18Cl2N2O2.